The van der Waals surface area contributed by atoms with E-state index < -0.39 is 0 Å². The van der Waals surface area contributed by atoms with Crippen LogP contribution in [-0.2, 0) is 4.84 Å². The molecule has 2 aromatic carbocycles. The Hall–Kier alpha value is -2.58. The number of aromatic nitrogens is 2. The van der Waals surface area contributed by atoms with Gasteiger partial charge in [0.25, 0.3) is 0 Å². The number of aromatic amines is 1. The van der Waals surface area contributed by atoms with Crippen molar-refractivity contribution in [1.29, 1.82) is 0 Å². The number of benzene rings is 2. The summed E-state index contributed by atoms with van der Waals surface area (Å²) in [6, 6.07) is 9.82. The van der Waals surface area contributed by atoms with E-state index in [1.807, 2.05) is 30.3 Å². The molecule has 0 atom stereocenters. The van der Waals surface area contributed by atoms with Gasteiger partial charge in [-0.2, -0.15) is 0 Å². The average Bonchev–Trinajstić information content (AvgIpc) is 3.02. The van der Waals surface area contributed by atoms with Crippen LogP contribution in [0.5, 0.6) is 17.2 Å². The Morgan fingerprint density at radius 2 is 1.64 bits per heavy atom. The van der Waals surface area contributed by atoms with Crippen LogP contribution < -0.4 is 19.7 Å². The van der Waals surface area contributed by atoms with Crippen molar-refractivity contribution in [3.63, 3.8) is 0 Å². The maximum atomic E-state index is 5.40. The zero-order chi connectivity index (χ0) is 17.8. The molecule has 7 nitrogen and oxygen atoms in total. The molecule has 0 bridgehead atoms. The van der Waals surface area contributed by atoms with E-state index in [9.17, 15) is 0 Å². The Morgan fingerprint density at radius 3 is 2.24 bits per heavy atom. The van der Waals surface area contributed by atoms with E-state index in [2.05, 4.69) is 15.4 Å². The van der Waals surface area contributed by atoms with Gasteiger partial charge in [-0.1, -0.05) is 11.8 Å². The van der Waals surface area contributed by atoms with Gasteiger partial charge in [0.2, 0.25) is 11.7 Å². The highest BCUT2D eigenvalue weighted by molar-refractivity contribution is 7.99. The van der Waals surface area contributed by atoms with E-state index in [1.54, 1.807) is 40.2 Å². The van der Waals surface area contributed by atoms with Crippen LogP contribution in [0.3, 0.4) is 0 Å². The number of nitrogens with one attached hydrogen (secondary N) is 2. The third kappa shape index (κ3) is 3.59. The Bertz CT molecular complexity index is 856. The van der Waals surface area contributed by atoms with Crippen LogP contribution in [0.15, 0.2) is 40.1 Å². The van der Waals surface area contributed by atoms with Crippen molar-refractivity contribution in [2.24, 2.45) is 0 Å². The highest BCUT2D eigenvalue weighted by Gasteiger charge is 2.14. The maximum Gasteiger partial charge on any atom is 0.225 e. The number of ether oxygens (including phenoxy) is 3. The summed E-state index contributed by atoms with van der Waals surface area (Å²) in [5.41, 5.74) is 4.46. The SMILES string of the molecule is CONc1nc2ccc(Sc3cc(OC)c(OC)c(OC)c3)cc2[nH]1. The van der Waals surface area contributed by atoms with Gasteiger partial charge in [0, 0.05) is 9.79 Å². The van der Waals surface area contributed by atoms with Gasteiger partial charge in [0.05, 0.1) is 39.5 Å². The number of methoxy groups -OCH3 is 3. The lowest BCUT2D eigenvalue weighted by Crippen LogP contribution is -1.96. The molecule has 0 saturated carbocycles. The molecule has 0 saturated heterocycles. The van der Waals surface area contributed by atoms with Crippen LogP contribution >= 0.6 is 11.8 Å². The molecule has 0 aliphatic carbocycles. The average molecular weight is 361 g/mol. The van der Waals surface area contributed by atoms with Crippen LogP contribution in [-0.4, -0.2) is 38.4 Å². The van der Waals surface area contributed by atoms with Crippen LogP contribution in [0, 0.1) is 0 Å². The van der Waals surface area contributed by atoms with Gasteiger partial charge in [-0.05, 0) is 30.3 Å². The summed E-state index contributed by atoms with van der Waals surface area (Å²) in [5.74, 6) is 2.39. The predicted octanol–water partition coefficient (Wildman–Crippen LogP) is 3.71. The lowest BCUT2D eigenvalue weighted by molar-refractivity contribution is 0.267. The van der Waals surface area contributed by atoms with Crippen LogP contribution in [0.4, 0.5) is 5.95 Å². The van der Waals surface area contributed by atoms with Gasteiger partial charge < -0.3 is 19.2 Å². The standard InChI is InChI=1S/C17H19N3O4S/c1-21-14-8-11(9-15(22-2)16(14)23-3)25-10-5-6-12-13(7-10)19-17(18-12)20-24-4/h5-9H,1-4H3,(H2,18,19,20). The molecule has 0 radical (unpaired) electrons. The third-order valence-electron chi connectivity index (χ3n) is 3.53. The Balaban J connectivity index is 1.92. The summed E-state index contributed by atoms with van der Waals surface area (Å²) in [6.45, 7) is 0. The van der Waals surface area contributed by atoms with Crippen molar-refractivity contribution < 1.29 is 19.0 Å². The minimum absolute atomic E-state index is 0.562. The summed E-state index contributed by atoms with van der Waals surface area (Å²) in [6.07, 6.45) is 0. The van der Waals surface area contributed by atoms with Crippen molar-refractivity contribution in [2.75, 3.05) is 33.9 Å². The maximum absolute atomic E-state index is 5.40. The quantitative estimate of drug-likeness (QED) is 0.621. The minimum atomic E-state index is 0.562. The second-order valence-corrected chi connectivity index (χ2v) is 6.18. The molecule has 25 heavy (non-hydrogen) atoms. The first-order valence-electron chi connectivity index (χ1n) is 7.45. The van der Waals surface area contributed by atoms with Gasteiger partial charge in [0.1, 0.15) is 0 Å². The second kappa shape index (κ2) is 7.54. The Kier molecular flexibility index (Phi) is 5.20. The molecule has 3 rings (SSSR count). The summed E-state index contributed by atoms with van der Waals surface area (Å²) in [4.78, 5) is 14.4. The van der Waals surface area contributed by atoms with Crippen molar-refractivity contribution in [3.05, 3.63) is 30.3 Å². The molecule has 8 heteroatoms. The van der Waals surface area contributed by atoms with E-state index in [4.69, 9.17) is 19.0 Å². The second-order valence-electron chi connectivity index (χ2n) is 5.03. The number of rotatable bonds is 7. The highest BCUT2D eigenvalue weighted by Crippen LogP contribution is 2.42. The van der Waals surface area contributed by atoms with Crippen LogP contribution in [0.25, 0.3) is 11.0 Å². The molecule has 0 fully saturated rings. The van der Waals surface area contributed by atoms with Crippen molar-refractivity contribution >= 4 is 28.7 Å². The normalized spacial score (nSPS) is 10.7. The Morgan fingerprint density at radius 1 is 0.920 bits per heavy atom. The number of hydrogen-bond donors (Lipinski definition) is 2. The monoisotopic (exact) mass is 361 g/mol. The molecule has 0 aliphatic heterocycles. The number of nitrogens with zero attached hydrogens (tertiary/aromatic N) is 1. The molecule has 0 amide bonds. The fraction of sp³-hybridized carbons (Fsp3) is 0.235. The largest absolute Gasteiger partial charge is 0.493 e. The molecule has 1 aromatic heterocycles. The first-order valence-corrected chi connectivity index (χ1v) is 8.26. The van der Waals surface area contributed by atoms with Crippen molar-refractivity contribution in [1.82, 2.24) is 9.97 Å². The molecule has 0 unspecified atom stereocenters. The van der Waals surface area contributed by atoms with Gasteiger partial charge in [-0.15, -0.1) is 0 Å². The topological polar surface area (TPSA) is 77.6 Å². The summed E-state index contributed by atoms with van der Waals surface area (Å²) in [7, 11) is 6.34. The fourth-order valence-corrected chi connectivity index (χ4v) is 3.37. The first-order chi connectivity index (χ1) is 12.2. The summed E-state index contributed by atoms with van der Waals surface area (Å²) >= 11 is 1.59. The van der Waals surface area contributed by atoms with E-state index in [0.717, 1.165) is 20.8 Å². The Labute approximate surface area is 149 Å². The van der Waals surface area contributed by atoms with E-state index in [-0.39, 0.29) is 0 Å². The molecular weight excluding hydrogens is 342 g/mol. The number of H-pyrrole nitrogens is 1. The molecule has 2 N–H and O–H groups in total. The van der Waals surface area contributed by atoms with Crippen LogP contribution in [0.1, 0.15) is 0 Å². The number of hydrogen-bond acceptors (Lipinski definition) is 7. The van der Waals surface area contributed by atoms with Crippen LogP contribution in [0.2, 0.25) is 0 Å². The van der Waals surface area contributed by atoms with Crippen molar-refractivity contribution in [2.45, 2.75) is 9.79 Å². The highest BCUT2D eigenvalue weighted by atomic mass is 32.2. The minimum Gasteiger partial charge on any atom is -0.493 e. The molecule has 1 heterocycles. The number of anilines is 1. The first kappa shape index (κ1) is 17.2. The van der Waals surface area contributed by atoms with Gasteiger partial charge in [-0.3, -0.25) is 4.84 Å². The van der Waals surface area contributed by atoms with Gasteiger partial charge in [0.15, 0.2) is 11.5 Å². The molecule has 0 spiro atoms. The third-order valence-corrected chi connectivity index (χ3v) is 4.49. The summed E-state index contributed by atoms with van der Waals surface area (Å²) < 4.78 is 16.2. The van der Waals surface area contributed by atoms with E-state index in [0.29, 0.717) is 23.2 Å². The molecule has 0 aliphatic rings. The zero-order valence-corrected chi connectivity index (χ0v) is 15.2. The lowest BCUT2D eigenvalue weighted by Gasteiger charge is -2.13. The molecule has 3 aromatic rings. The van der Waals surface area contributed by atoms with E-state index in [1.165, 1.54) is 0 Å². The lowest BCUT2D eigenvalue weighted by atomic mass is 10.3. The number of imidazole rings is 1. The smallest absolute Gasteiger partial charge is 0.225 e. The fourth-order valence-electron chi connectivity index (χ4n) is 2.45. The number of fused-ring (bicyclic) bond motifs is 1. The van der Waals surface area contributed by atoms with E-state index >= 15 is 0 Å². The van der Waals surface area contributed by atoms with Gasteiger partial charge >= 0.3 is 0 Å². The molecular formula is C17H19N3O4S. The zero-order valence-electron chi connectivity index (χ0n) is 14.4. The molecule has 132 valence electrons. The predicted molar refractivity (Wildman–Crippen MR) is 96.9 cm³/mol. The van der Waals surface area contributed by atoms with Gasteiger partial charge in [-0.25, -0.2) is 10.5 Å². The summed E-state index contributed by atoms with van der Waals surface area (Å²) in [5, 5.41) is 0. The van der Waals surface area contributed by atoms with Crippen molar-refractivity contribution in [3.8, 4) is 17.2 Å².